The number of hydrogen-bond acceptors (Lipinski definition) is 2. The molecular formula is C13H18F3NS. The van der Waals surface area contributed by atoms with Gasteiger partial charge in [0.1, 0.15) is 0 Å². The SMILES string of the molecule is CCCC(C)Nc1ccccc1SCC(F)(F)F. The van der Waals surface area contributed by atoms with Crippen molar-refractivity contribution in [2.75, 3.05) is 11.1 Å². The summed E-state index contributed by atoms with van der Waals surface area (Å²) in [5, 5.41) is 3.26. The Morgan fingerprint density at radius 2 is 1.94 bits per heavy atom. The van der Waals surface area contributed by atoms with E-state index in [9.17, 15) is 13.2 Å². The van der Waals surface area contributed by atoms with Crippen molar-refractivity contribution in [2.45, 2.75) is 43.8 Å². The zero-order valence-electron chi connectivity index (χ0n) is 10.6. The third-order valence-corrected chi connectivity index (χ3v) is 3.54. The summed E-state index contributed by atoms with van der Waals surface area (Å²) in [6.45, 7) is 4.12. The van der Waals surface area contributed by atoms with Gasteiger partial charge in [-0.2, -0.15) is 13.2 Å². The number of benzene rings is 1. The third-order valence-electron chi connectivity index (χ3n) is 2.40. The van der Waals surface area contributed by atoms with Crippen molar-refractivity contribution in [1.82, 2.24) is 0 Å². The van der Waals surface area contributed by atoms with Crippen LogP contribution in [0.15, 0.2) is 29.2 Å². The molecule has 0 aliphatic carbocycles. The lowest BCUT2D eigenvalue weighted by Gasteiger charge is -2.17. The van der Waals surface area contributed by atoms with E-state index in [-0.39, 0.29) is 6.04 Å². The molecule has 0 aliphatic heterocycles. The highest BCUT2D eigenvalue weighted by atomic mass is 32.2. The van der Waals surface area contributed by atoms with Crippen LogP contribution in [-0.2, 0) is 0 Å². The second kappa shape index (κ2) is 6.92. The van der Waals surface area contributed by atoms with E-state index in [4.69, 9.17) is 0 Å². The predicted octanol–water partition coefficient (Wildman–Crippen LogP) is 4.94. The molecule has 5 heteroatoms. The summed E-state index contributed by atoms with van der Waals surface area (Å²) in [4.78, 5) is 0.651. The quantitative estimate of drug-likeness (QED) is 0.739. The fourth-order valence-electron chi connectivity index (χ4n) is 1.64. The lowest BCUT2D eigenvalue weighted by Crippen LogP contribution is -2.15. The number of anilines is 1. The molecular weight excluding hydrogens is 259 g/mol. The van der Waals surface area contributed by atoms with Crippen LogP contribution in [0, 0.1) is 0 Å². The number of hydrogen-bond donors (Lipinski definition) is 1. The first kappa shape index (κ1) is 15.2. The van der Waals surface area contributed by atoms with Crippen LogP contribution in [0.1, 0.15) is 26.7 Å². The Balaban J connectivity index is 2.67. The fourth-order valence-corrected chi connectivity index (χ4v) is 2.42. The van der Waals surface area contributed by atoms with Gasteiger partial charge in [-0.05, 0) is 25.5 Å². The van der Waals surface area contributed by atoms with Crippen molar-refractivity contribution in [3.63, 3.8) is 0 Å². The predicted molar refractivity (Wildman–Crippen MR) is 71.2 cm³/mol. The third kappa shape index (κ3) is 5.67. The molecule has 0 amide bonds. The van der Waals surface area contributed by atoms with Gasteiger partial charge < -0.3 is 5.32 Å². The first-order valence-corrected chi connectivity index (χ1v) is 6.96. The Bertz CT molecular complexity index is 365. The maximum atomic E-state index is 12.2. The molecule has 102 valence electrons. The Morgan fingerprint density at radius 1 is 1.28 bits per heavy atom. The first-order valence-electron chi connectivity index (χ1n) is 5.97. The van der Waals surface area contributed by atoms with Crippen LogP contribution in [-0.4, -0.2) is 18.0 Å². The highest BCUT2D eigenvalue weighted by Crippen LogP contribution is 2.32. The summed E-state index contributed by atoms with van der Waals surface area (Å²) in [5.74, 6) is -0.853. The Labute approximate surface area is 110 Å². The molecule has 18 heavy (non-hydrogen) atoms. The molecule has 0 saturated heterocycles. The van der Waals surface area contributed by atoms with Crippen molar-refractivity contribution < 1.29 is 13.2 Å². The summed E-state index contributed by atoms with van der Waals surface area (Å²) in [7, 11) is 0. The van der Waals surface area contributed by atoms with Crippen molar-refractivity contribution >= 4 is 17.4 Å². The van der Waals surface area contributed by atoms with E-state index in [1.54, 1.807) is 12.1 Å². The van der Waals surface area contributed by atoms with Gasteiger partial charge in [-0.25, -0.2) is 0 Å². The average Bonchev–Trinajstić information content (AvgIpc) is 2.27. The highest BCUT2D eigenvalue weighted by molar-refractivity contribution is 7.99. The van der Waals surface area contributed by atoms with Crippen LogP contribution in [0.2, 0.25) is 0 Å². The van der Waals surface area contributed by atoms with Gasteiger partial charge >= 0.3 is 6.18 Å². The number of para-hydroxylation sites is 1. The van der Waals surface area contributed by atoms with Gasteiger partial charge in [0.05, 0.1) is 5.75 Å². The molecule has 1 N–H and O–H groups in total. The molecule has 0 saturated carbocycles. The maximum Gasteiger partial charge on any atom is 0.398 e. The summed E-state index contributed by atoms with van der Waals surface area (Å²) >= 11 is 0.827. The summed E-state index contributed by atoms with van der Waals surface area (Å²) in [6.07, 6.45) is -2.09. The number of alkyl halides is 3. The van der Waals surface area contributed by atoms with E-state index in [0.717, 1.165) is 30.3 Å². The fraction of sp³-hybridized carbons (Fsp3) is 0.538. The molecule has 1 aromatic rings. The smallest absolute Gasteiger partial charge is 0.382 e. The van der Waals surface area contributed by atoms with E-state index in [1.807, 2.05) is 19.1 Å². The first-order chi connectivity index (χ1) is 8.42. The Kier molecular flexibility index (Phi) is 5.85. The Morgan fingerprint density at radius 3 is 2.56 bits per heavy atom. The molecule has 0 spiro atoms. The molecule has 0 aromatic heterocycles. The van der Waals surface area contributed by atoms with Crippen molar-refractivity contribution in [2.24, 2.45) is 0 Å². The van der Waals surface area contributed by atoms with Gasteiger partial charge in [-0.1, -0.05) is 25.5 Å². The van der Waals surface area contributed by atoms with Crippen LogP contribution in [0.3, 0.4) is 0 Å². The van der Waals surface area contributed by atoms with Crippen molar-refractivity contribution in [3.05, 3.63) is 24.3 Å². The highest BCUT2D eigenvalue weighted by Gasteiger charge is 2.27. The summed E-state index contributed by atoms with van der Waals surface area (Å²) < 4.78 is 36.6. The number of nitrogens with one attached hydrogen (secondary N) is 1. The van der Waals surface area contributed by atoms with Gasteiger partial charge in [0.2, 0.25) is 0 Å². The van der Waals surface area contributed by atoms with E-state index in [1.165, 1.54) is 0 Å². The van der Waals surface area contributed by atoms with Crippen LogP contribution in [0.5, 0.6) is 0 Å². The van der Waals surface area contributed by atoms with Gasteiger partial charge in [-0.3, -0.25) is 0 Å². The molecule has 0 radical (unpaired) electrons. The second-order valence-corrected chi connectivity index (χ2v) is 5.25. The molecule has 1 rings (SSSR count). The number of rotatable bonds is 6. The minimum absolute atomic E-state index is 0.266. The van der Waals surface area contributed by atoms with E-state index < -0.39 is 11.9 Å². The minimum atomic E-state index is -4.13. The van der Waals surface area contributed by atoms with Crippen LogP contribution >= 0.6 is 11.8 Å². The molecule has 1 atom stereocenters. The Hall–Kier alpha value is -0.840. The molecule has 1 unspecified atom stereocenters. The van der Waals surface area contributed by atoms with Crippen molar-refractivity contribution in [1.29, 1.82) is 0 Å². The van der Waals surface area contributed by atoms with Gasteiger partial charge in [0.15, 0.2) is 0 Å². The van der Waals surface area contributed by atoms with Crippen molar-refractivity contribution in [3.8, 4) is 0 Å². The van der Waals surface area contributed by atoms with Gasteiger partial charge in [0.25, 0.3) is 0 Å². The monoisotopic (exact) mass is 277 g/mol. The molecule has 0 heterocycles. The van der Waals surface area contributed by atoms with Gasteiger partial charge in [0, 0.05) is 16.6 Å². The number of halogens is 3. The van der Waals surface area contributed by atoms with Gasteiger partial charge in [-0.15, -0.1) is 11.8 Å². The molecule has 1 nitrogen and oxygen atoms in total. The zero-order valence-corrected chi connectivity index (χ0v) is 11.4. The zero-order chi connectivity index (χ0) is 13.6. The topological polar surface area (TPSA) is 12.0 Å². The van der Waals surface area contributed by atoms with Crippen LogP contribution < -0.4 is 5.32 Å². The van der Waals surface area contributed by atoms with Crippen LogP contribution in [0.4, 0.5) is 18.9 Å². The van der Waals surface area contributed by atoms with Crippen LogP contribution in [0.25, 0.3) is 0 Å². The number of thioether (sulfide) groups is 1. The minimum Gasteiger partial charge on any atom is -0.382 e. The molecule has 0 bridgehead atoms. The standard InChI is InChI=1S/C13H18F3NS/c1-3-6-10(2)17-11-7-4-5-8-12(11)18-9-13(14,15)16/h4-5,7-8,10,17H,3,6,9H2,1-2H3. The second-order valence-electron chi connectivity index (χ2n) is 4.23. The van der Waals surface area contributed by atoms with E-state index in [2.05, 4.69) is 12.2 Å². The molecule has 1 aromatic carbocycles. The normalized spacial score (nSPS) is 13.4. The molecule has 0 fully saturated rings. The average molecular weight is 277 g/mol. The van der Waals surface area contributed by atoms with E-state index >= 15 is 0 Å². The molecule has 0 aliphatic rings. The maximum absolute atomic E-state index is 12.2. The van der Waals surface area contributed by atoms with E-state index in [0.29, 0.717) is 4.90 Å². The lowest BCUT2D eigenvalue weighted by molar-refractivity contribution is -0.105. The lowest BCUT2D eigenvalue weighted by atomic mass is 10.2. The summed E-state index contributed by atoms with van der Waals surface area (Å²) in [6, 6.07) is 7.40. The largest absolute Gasteiger partial charge is 0.398 e. The summed E-state index contributed by atoms with van der Waals surface area (Å²) in [5.41, 5.74) is 0.785.